The molecule has 0 fully saturated rings. The summed E-state index contributed by atoms with van der Waals surface area (Å²) >= 11 is 24.3. The van der Waals surface area contributed by atoms with Gasteiger partial charge in [-0.25, -0.2) is 0 Å². The van der Waals surface area contributed by atoms with E-state index in [4.69, 9.17) is 55.9 Å². The van der Waals surface area contributed by atoms with Gasteiger partial charge in [-0.05, 0) is 54.1 Å². The molecule has 4 nitrogen and oxygen atoms in total. The van der Waals surface area contributed by atoms with Crippen molar-refractivity contribution in [3.05, 3.63) is 91.9 Å². The second-order valence-corrected chi connectivity index (χ2v) is 8.00. The molecule has 1 N–H and O–H groups in total. The van der Waals surface area contributed by atoms with Crippen LogP contribution in [-0.2, 0) is 11.4 Å². The Morgan fingerprint density at radius 1 is 0.935 bits per heavy atom. The molecule has 0 unspecified atom stereocenters. The lowest BCUT2D eigenvalue weighted by atomic mass is 10.2. The summed E-state index contributed by atoms with van der Waals surface area (Å²) in [4.78, 5) is 12.2. The molecule has 0 aliphatic heterocycles. The SMILES string of the molecule is COc1cc(/C=C/C(=O)Nc2ccc(Cl)cc2Cl)ccc1OCc1c(Cl)cccc1Cl. The van der Waals surface area contributed by atoms with Gasteiger partial charge in [0.1, 0.15) is 6.61 Å². The number of halogens is 4. The zero-order chi connectivity index (χ0) is 22.4. The fourth-order valence-electron chi connectivity index (χ4n) is 2.66. The summed E-state index contributed by atoms with van der Waals surface area (Å²) < 4.78 is 11.2. The number of carbonyl (C=O) groups excluding carboxylic acids is 1. The Balaban J connectivity index is 1.68. The molecule has 0 atom stereocenters. The minimum Gasteiger partial charge on any atom is -0.493 e. The first-order valence-electron chi connectivity index (χ1n) is 9.05. The number of amides is 1. The van der Waals surface area contributed by atoms with Crippen molar-refractivity contribution < 1.29 is 14.3 Å². The van der Waals surface area contributed by atoms with E-state index in [-0.39, 0.29) is 12.5 Å². The standard InChI is InChI=1S/C23H17Cl4NO3/c1-30-22-11-14(6-10-23(29)28-20-8-7-15(24)12-19(20)27)5-9-21(22)31-13-16-17(25)3-2-4-18(16)26/h2-12H,13H2,1H3,(H,28,29)/b10-6+. The summed E-state index contributed by atoms with van der Waals surface area (Å²) in [5, 5.41) is 4.60. The van der Waals surface area contributed by atoms with Gasteiger partial charge >= 0.3 is 0 Å². The maximum Gasteiger partial charge on any atom is 0.248 e. The van der Waals surface area contributed by atoms with Crippen molar-refractivity contribution in [2.45, 2.75) is 6.61 Å². The minimum absolute atomic E-state index is 0.189. The van der Waals surface area contributed by atoms with Crippen molar-refractivity contribution in [1.29, 1.82) is 0 Å². The summed E-state index contributed by atoms with van der Waals surface area (Å²) in [5.41, 5.74) is 1.91. The molecular formula is C23H17Cl4NO3. The van der Waals surface area contributed by atoms with E-state index in [0.29, 0.717) is 42.8 Å². The van der Waals surface area contributed by atoms with Gasteiger partial charge in [0.2, 0.25) is 5.91 Å². The second-order valence-electron chi connectivity index (χ2n) is 6.35. The Hall–Kier alpha value is -2.37. The van der Waals surface area contributed by atoms with E-state index in [2.05, 4.69) is 5.32 Å². The lowest BCUT2D eigenvalue weighted by Crippen LogP contribution is -2.08. The molecule has 0 aromatic heterocycles. The molecule has 3 aromatic carbocycles. The molecule has 0 aliphatic carbocycles. The van der Waals surface area contributed by atoms with E-state index in [9.17, 15) is 4.79 Å². The van der Waals surface area contributed by atoms with E-state index < -0.39 is 0 Å². The Labute approximate surface area is 200 Å². The van der Waals surface area contributed by atoms with Crippen LogP contribution < -0.4 is 14.8 Å². The molecule has 0 aliphatic rings. The van der Waals surface area contributed by atoms with Crippen LogP contribution in [-0.4, -0.2) is 13.0 Å². The first kappa shape index (κ1) is 23.3. The quantitative estimate of drug-likeness (QED) is 0.343. The fourth-order valence-corrected chi connectivity index (χ4v) is 3.63. The number of carbonyl (C=O) groups is 1. The predicted molar refractivity (Wildman–Crippen MR) is 128 cm³/mol. The number of nitrogens with one attached hydrogen (secondary N) is 1. The second kappa shape index (κ2) is 10.8. The molecule has 8 heteroatoms. The zero-order valence-corrected chi connectivity index (χ0v) is 19.3. The molecule has 160 valence electrons. The van der Waals surface area contributed by atoms with Gasteiger partial charge in [-0.3, -0.25) is 4.79 Å². The van der Waals surface area contributed by atoms with Crippen LogP contribution in [0.5, 0.6) is 11.5 Å². The first-order chi connectivity index (χ1) is 14.9. The Kier molecular flexibility index (Phi) is 8.10. The molecule has 3 aromatic rings. The fraction of sp³-hybridized carbons (Fsp3) is 0.0870. The van der Waals surface area contributed by atoms with Gasteiger partial charge in [-0.1, -0.05) is 58.5 Å². The first-order valence-corrected chi connectivity index (χ1v) is 10.6. The van der Waals surface area contributed by atoms with Crippen LogP contribution in [0.4, 0.5) is 5.69 Å². The average molecular weight is 497 g/mol. The summed E-state index contributed by atoms with van der Waals surface area (Å²) in [5.74, 6) is 0.691. The van der Waals surface area contributed by atoms with Crippen molar-refractivity contribution >= 4 is 64.1 Å². The number of methoxy groups -OCH3 is 1. The molecule has 0 spiro atoms. The average Bonchev–Trinajstić information content (AvgIpc) is 2.74. The number of benzene rings is 3. The molecule has 3 rings (SSSR count). The van der Waals surface area contributed by atoms with Gasteiger partial charge in [0.05, 0.1) is 17.8 Å². The van der Waals surface area contributed by atoms with Crippen LogP contribution in [0.25, 0.3) is 6.08 Å². The third-order valence-electron chi connectivity index (χ3n) is 4.24. The Morgan fingerprint density at radius 3 is 2.35 bits per heavy atom. The third-order valence-corrected chi connectivity index (χ3v) is 5.49. The highest BCUT2D eigenvalue weighted by atomic mass is 35.5. The number of ether oxygens (including phenoxy) is 2. The van der Waals surface area contributed by atoms with Crippen LogP contribution in [0.2, 0.25) is 20.1 Å². The van der Waals surface area contributed by atoms with Gasteiger partial charge in [0, 0.05) is 26.7 Å². The van der Waals surface area contributed by atoms with Crippen molar-refractivity contribution in [2.24, 2.45) is 0 Å². The van der Waals surface area contributed by atoms with Gasteiger partial charge in [-0.15, -0.1) is 0 Å². The topological polar surface area (TPSA) is 47.6 Å². The van der Waals surface area contributed by atoms with E-state index in [0.717, 1.165) is 5.56 Å². The number of anilines is 1. The number of rotatable bonds is 7. The molecule has 31 heavy (non-hydrogen) atoms. The molecule has 0 radical (unpaired) electrons. The van der Waals surface area contributed by atoms with Crippen molar-refractivity contribution in [3.8, 4) is 11.5 Å². The van der Waals surface area contributed by atoms with Crippen LogP contribution in [0.3, 0.4) is 0 Å². The number of hydrogen-bond donors (Lipinski definition) is 1. The summed E-state index contributed by atoms with van der Waals surface area (Å²) in [6.07, 6.45) is 3.04. The minimum atomic E-state index is -0.336. The summed E-state index contributed by atoms with van der Waals surface area (Å²) in [6.45, 7) is 0.189. The van der Waals surface area contributed by atoms with E-state index in [1.807, 2.05) is 0 Å². The molecule has 0 saturated heterocycles. The van der Waals surface area contributed by atoms with Crippen molar-refractivity contribution in [2.75, 3.05) is 12.4 Å². The summed E-state index contributed by atoms with van der Waals surface area (Å²) in [7, 11) is 1.54. The van der Waals surface area contributed by atoms with Crippen molar-refractivity contribution in [1.82, 2.24) is 0 Å². The highest BCUT2D eigenvalue weighted by Gasteiger charge is 2.10. The van der Waals surface area contributed by atoms with E-state index in [1.165, 1.54) is 13.2 Å². The normalized spacial score (nSPS) is 10.9. The molecule has 0 bridgehead atoms. The lowest BCUT2D eigenvalue weighted by Gasteiger charge is -2.13. The van der Waals surface area contributed by atoms with Crippen LogP contribution in [0, 0.1) is 0 Å². The third kappa shape index (κ3) is 6.31. The molecule has 0 saturated carbocycles. The Morgan fingerprint density at radius 2 is 1.68 bits per heavy atom. The van der Waals surface area contributed by atoms with Crippen LogP contribution in [0.1, 0.15) is 11.1 Å². The van der Waals surface area contributed by atoms with Gasteiger partial charge in [-0.2, -0.15) is 0 Å². The number of hydrogen-bond acceptors (Lipinski definition) is 3. The largest absolute Gasteiger partial charge is 0.493 e. The predicted octanol–water partition coefficient (Wildman–Crippen LogP) is 7.54. The van der Waals surface area contributed by atoms with Crippen LogP contribution in [0.15, 0.2) is 60.7 Å². The molecule has 1 amide bonds. The van der Waals surface area contributed by atoms with Gasteiger partial charge < -0.3 is 14.8 Å². The lowest BCUT2D eigenvalue weighted by molar-refractivity contribution is -0.111. The smallest absolute Gasteiger partial charge is 0.248 e. The zero-order valence-electron chi connectivity index (χ0n) is 16.3. The molecule has 0 heterocycles. The monoisotopic (exact) mass is 495 g/mol. The maximum absolute atomic E-state index is 12.2. The molecular weight excluding hydrogens is 480 g/mol. The Bertz CT molecular complexity index is 1110. The van der Waals surface area contributed by atoms with Crippen LogP contribution >= 0.6 is 46.4 Å². The highest BCUT2D eigenvalue weighted by Crippen LogP contribution is 2.32. The van der Waals surface area contributed by atoms with E-state index >= 15 is 0 Å². The summed E-state index contributed by atoms with van der Waals surface area (Å²) in [6, 6.07) is 15.4. The van der Waals surface area contributed by atoms with Crippen molar-refractivity contribution in [3.63, 3.8) is 0 Å². The maximum atomic E-state index is 12.2. The van der Waals surface area contributed by atoms with Gasteiger partial charge in [0.15, 0.2) is 11.5 Å². The van der Waals surface area contributed by atoms with E-state index in [1.54, 1.807) is 60.7 Å². The van der Waals surface area contributed by atoms with Gasteiger partial charge in [0.25, 0.3) is 0 Å². The highest BCUT2D eigenvalue weighted by molar-refractivity contribution is 6.37.